The van der Waals surface area contributed by atoms with Gasteiger partial charge in [0.2, 0.25) is 5.91 Å². The Labute approximate surface area is 129 Å². The molecule has 2 aromatic rings. The summed E-state index contributed by atoms with van der Waals surface area (Å²) in [7, 11) is -3.29. The number of carbonyl (C=O) groups excluding carboxylic acids is 1. The molecule has 124 valence electrons. The van der Waals surface area contributed by atoms with Gasteiger partial charge in [-0.3, -0.25) is 9.48 Å². The van der Waals surface area contributed by atoms with Gasteiger partial charge in [-0.1, -0.05) is 12.1 Å². The zero-order valence-corrected chi connectivity index (χ0v) is 12.6. The molecule has 0 spiro atoms. The van der Waals surface area contributed by atoms with Gasteiger partial charge in [-0.05, 0) is 17.7 Å². The van der Waals surface area contributed by atoms with Crippen LogP contribution in [-0.2, 0) is 28.8 Å². The van der Waals surface area contributed by atoms with Crippen LogP contribution in [0.15, 0.2) is 35.4 Å². The van der Waals surface area contributed by atoms with Crippen molar-refractivity contribution in [2.45, 2.75) is 16.8 Å². The number of amides is 1. The number of benzene rings is 1. The Hall–Kier alpha value is -2.36. The van der Waals surface area contributed by atoms with E-state index in [9.17, 15) is 26.4 Å². The van der Waals surface area contributed by atoms with E-state index in [4.69, 9.17) is 5.73 Å². The molecule has 0 saturated heterocycles. The third-order valence-corrected chi connectivity index (χ3v) is 4.76. The molecule has 2 rings (SSSR count). The number of rotatable bonds is 4. The van der Waals surface area contributed by atoms with Gasteiger partial charge in [0.15, 0.2) is 15.5 Å². The molecule has 0 radical (unpaired) electrons. The molecular formula is C13H12F3N3O3S. The number of aryl methyl sites for hydroxylation is 1. The van der Waals surface area contributed by atoms with E-state index in [0.29, 0.717) is 10.9 Å². The van der Waals surface area contributed by atoms with E-state index in [0.717, 1.165) is 7.05 Å². The van der Waals surface area contributed by atoms with Gasteiger partial charge in [0.05, 0.1) is 11.9 Å². The van der Waals surface area contributed by atoms with Crippen LogP contribution in [-0.4, -0.2) is 24.1 Å². The van der Waals surface area contributed by atoms with E-state index in [1.54, 1.807) is 0 Å². The maximum absolute atomic E-state index is 13.0. The van der Waals surface area contributed by atoms with Crippen LogP contribution in [0.2, 0.25) is 0 Å². The Balaban J connectivity index is 2.45. The van der Waals surface area contributed by atoms with Crippen LogP contribution in [0.25, 0.3) is 0 Å². The summed E-state index contributed by atoms with van der Waals surface area (Å²) >= 11 is 0. The fourth-order valence-corrected chi connectivity index (χ4v) is 3.60. The Morgan fingerprint density at radius 3 is 2.57 bits per heavy atom. The Morgan fingerprint density at radius 1 is 1.35 bits per heavy atom. The molecule has 1 heterocycles. The second-order valence-corrected chi connectivity index (χ2v) is 6.76. The van der Waals surface area contributed by atoms with E-state index in [-0.39, 0.29) is 11.1 Å². The minimum Gasteiger partial charge on any atom is -0.366 e. The lowest BCUT2D eigenvalue weighted by Gasteiger charge is -2.10. The number of aromatic nitrogens is 2. The first-order valence-electron chi connectivity index (χ1n) is 6.23. The Bertz CT molecular complexity index is 857. The summed E-state index contributed by atoms with van der Waals surface area (Å²) in [4.78, 5) is 10.2. The van der Waals surface area contributed by atoms with Gasteiger partial charge in [0, 0.05) is 12.6 Å². The maximum Gasteiger partial charge on any atom is 0.434 e. The predicted octanol–water partition coefficient (Wildman–Crippen LogP) is 1.51. The third-order valence-electron chi connectivity index (χ3n) is 3.08. The van der Waals surface area contributed by atoms with Crippen molar-refractivity contribution >= 4 is 15.7 Å². The minimum absolute atomic E-state index is 0.0694. The number of alkyl halides is 3. The molecule has 6 nitrogen and oxygen atoms in total. The number of primary amides is 1. The van der Waals surface area contributed by atoms with Crippen molar-refractivity contribution in [1.82, 2.24) is 9.78 Å². The van der Waals surface area contributed by atoms with Crippen LogP contribution in [0.1, 0.15) is 21.6 Å². The van der Waals surface area contributed by atoms with E-state index in [1.807, 2.05) is 0 Å². The van der Waals surface area contributed by atoms with Crippen molar-refractivity contribution in [3.8, 4) is 0 Å². The molecular weight excluding hydrogens is 335 g/mol. The molecule has 0 unspecified atom stereocenters. The zero-order valence-electron chi connectivity index (χ0n) is 11.8. The number of carbonyl (C=O) groups is 1. The molecule has 23 heavy (non-hydrogen) atoms. The summed E-state index contributed by atoms with van der Waals surface area (Å²) < 4.78 is 64.0. The summed E-state index contributed by atoms with van der Waals surface area (Å²) in [6, 6.07) is 5.39. The number of halogens is 3. The third kappa shape index (κ3) is 3.52. The topological polar surface area (TPSA) is 95.1 Å². The average Bonchev–Trinajstić information content (AvgIpc) is 2.81. The fourth-order valence-electron chi connectivity index (χ4n) is 2.08. The van der Waals surface area contributed by atoms with Gasteiger partial charge in [0.25, 0.3) is 0 Å². The van der Waals surface area contributed by atoms with Crippen molar-refractivity contribution in [3.63, 3.8) is 0 Å². The van der Waals surface area contributed by atoms with E-state index in [1.165, 1.54) is 24.3 Å². The highest BCUT2D eigenvalue weighted by atomic mass is 32.2. The molecule has 0 aliphatic rings. The van der Waals surface area contributed by atoms with Gasteiger partial charge in [0.1, 0.15) is 4.90 Å². The predicted molar refractivity (Wildman–Crippen MR) is 74.1 cm³/mol. The molecule has 0 saturated carbocycles. The van der Waals surface area contributed by atoms with Gasteiger partial charge in [-0.2, -0.15) is 18.3 Å². The van der Waals surface area contributed by atoms with Crippen LogP contribution in [0.4, 0.5) is 13.2 Å². The normalized spacial score (nSPS) is 12.3. The van der Waals surface area contributed by atoms with Crippen LogP contribution < -0.4 is 5.73 Å². The molecule has 1 aromatic heterocycles. The van der Waals surface area contributed by atoms with E-state index >= 15 is 0 Å². The summed E-state index contributed by atoms with van der Waals surface area (Å²) in [5, 5.41) is 3.38. The second-order valence-electron chi connectivity index (χ2n) is 4.80. The fraction of sp³-hybridized carbons (Fsp3) is 0.231. The molecule has 0 bridgehead atoms. The highest BCUT2D eigenvalue weighted by Gasteiger charge is 2.41. The first-order valence-corrected chi connectivity index (χ1v) is 7.88. The summed E-state index contributed by atoms with van der Waals surface area (Å²) in [5.74, 6) is -1.47. The molecule has 10 heteroatoms. The lowest BCUT2D eigenvalue weighted by molar-refractivity contribution is -0.146. The molecule has 1 amide bonds. The van der Waals surface area contributed by atoms with Crippen molar-refractivity contribution in [2.24, 2.45) is 12.8 Å². The monoisotopic (exact) mass is 347 g/mol. The number of hydrogen-bond donors (Lipinski definition) is 1. The standard InChI is InChI=1S/C13H12F3N3O3S/c1-19-11(13(14,15)16)10(6-18-19)23(21,22)7-8-3-2-4-9(5-8)12(17)20/h2-6H,7H2,1H3,(H2,17,20). The van der Waals surface area contributed by atoms with Crippen molar-refractivity contribution in [1.29, 1.82) is 0 Å². The molecule has 0 aliphatic carbocycles. The van der Waals surface area contributed by atoms with Crippen molar-refractivity contribution in [2.75, 3.05) is 0 Å². The quantitative estimate of drug-likeness (QED) is 0.907. The lowest BCUT2D eigenvalue weighted by atomic mass is 10.1. The second kappa shape index (κ2) is 5.69. The number of nitrogens with zero attached hydrogens (tertiary/aromatic N) is 2. The first kappa shape index (κ1) is 17.0. The van der Waals surface area contributed by atoms with Crippen LogP contribution >= 0.6 is 0 Å². The van der Waals surface area contributed by atoms with E-state index < -0.39 is 38.3 Å². The van der Waals surface area contributed by atoms with Crippen LogP contribution in [0, 0.1) is 0 Å². The molecule has 0 aliphatic heterocycles. The van der Waals surface area contributed by atoms with Crippen molar-refractivity contribution < 1.29 is 26.4 Å². The maximum atomic E-state index is 13.0. The number of hydrogen-bond acceptors (Lipinski definition) is 4. The molecule has 2 N–H and O–H groups in total. The van der Waals surface area contributed by atoms with Gasteiger partial charge >= 0.3 is 6.18 Å². The molecule has 0 atom stereocenters. The smallest absolute Gasteiger partial charge is 0.366 e. The number of nitrogens with two attached hydrogens (primary N) is 1. The summed E-state index contributed by atoms with van der Waals surface area (Å²) in [5.41, 5.74) is 3.97. The van der Waals surface area contributed by atoms with Crippen LogP contribution in [0.3, 0.4) is 0 Å². The highest BCUT2D eigenvalue weighted by Crippen LogP contribution is 2.34. The largest absolute Gasteiger partial charge is 0.434 e. The molecule has 0 fully saturated rings. The van der Waals surface area contributed by atoms with Gasteiger partial charge < -0.3 is 5.73 Å². The lowest BCUT2D eigenvalue weighted by Crippen LogP contribution is -2.17. The Kier molecular flexibility index (Phi) is 4.20. The zero-order chi connectivity index (χ0) is 17.4. The van der Waals surface area contributed by atoms with E-state index in [2.05, 4.69) is 5.10 Å². The highest BCUT2D eigenvalue weighted by molar-refractivity contribution is 7.90. The SMILES string of the molecule is Cn1ncc(S(=O)(=O)Cc2cccc(C(N)=O)c2)c1C(F)(F)F. The van der Waals surface area contributed by atoms with Crippen LogP contribution in [0.5, 0.6) is 0 Å². The molecule has 1 aromatic carbocycles. The summed E-state index contributed by atoms with van der Waals surface area (Å²) in [6.45, 7) is 0. The van der Waals surface area contributed by atoms with Gasteiger partial charge in [-0.25, -0.2) is 8.42 Å². The van der Waals surface area contributed by atoms with Gasteiger partial charge in [-0.15, -0.1) is 0 Å². The average molecular weight is 347 g/mol. The first-order chi connectivity index (χ1) is 10.5. The summed E-state index contributed by atoms with van der Waals surface area (Å²) in [6.07, 6.45) is -4.20. The van der Waals surface area contributed by atoms with Crippen molar-refractivity contribution in [3.05, 3.63) is 47.3 Å². The minimum atomic E-state index is -4.86. The Morgan fingerprint density at radius 2 is 2.00 bits per heavy atom. The number of sulfone groups is 1.